The molecule has 4 heteroatoms. The molecule has 2 rings (SSSR count). The number of hydrogen-bond donors (Lipinski definition) is 2. The zero-order valence-corrected chi connectivity index (χ0v) is 9.82. The maximum atomic E-state index is 12.2. The predicted octanol–water partition coefficient (Wildman–Crippen LogP) is 0.502. The number of carbonyl (C=O) groups is 1. The van der Waals surface area contributed by atoms with Crippen LogP contribution in [-0.4, -0.2) is 47.7 Å². The Morgan fingerprint density at radius 2 is 2.25 bits per heavy atom. The Hall–Kier alpha value is -0.610. The number of carbonyl (C=O) groups excluding carboxylic acids is 1. The number of nitrogens with one attached hydrogen (secondary N) is 1. The summed E-state index contributed by atoms with van der Waals surface area (Å²) in [7, 11) is 0. The van der Waals surface area contributed by atoms with Crippen LogP contribution in [0.3, 0.4) is 0 Å². The zero-order chi connectivity index (χ0) is 11.4. The van der Waals surface area contributed by atoms with Crippen LogP contribution < -0.4 is 5.32 Å². The lowest BCUT2D eigenvalue weighted by Crippen LogP contribution is -2.45. The van der Waals surface area contributed by atoms with Gasteiger partial charge < -0.3 is 15.3 Å². The summed E-state index contributed by atoms with van der Waals surface area (Å²) in [5.74, 6) is 0.290. The summed E-state index contributed by atoms with van der Waals surface area (Å²) < 4.78 is 0. The molecule has 2 N–H and O–H groups in total. The number of aliphatic hydroxyl groups excluding tert-OH is 1. The average Bonchev–Trinajstić information content (AvgIpc) is 2.96. The van der Waals surface area contributed by atoms with E-state index in [0.29, 0.717) is 6.04 Å². The molecule has 0 aromatic rings. The molecule has 0 aromatic carbocycles. The molecule has 0 saturated carbocycles. The molecule has 1 amide bonds. The van der Waals surface area contributed by atoms with Crippen LogP contribution >= 0.6 is 0 Å². The minimum atomic E-state index is 0.0646. The Labute approximate surface area is 97.0 Å². The monoisotopic (exact) mass is 226 g/mol. The number of amides is 1. The average molecular weight is 226 g/mol. The van der Waals surface area contributed by atoms with Crippen LogP contribution in [0.2, 0.25) is 0 Å². The van der Waals surface area contributed by atoms with Crippen LogP contribution in [0.1, 0.15) is 38.5 Å². The minimum Gasteiger partial charge on any atom is -0.396 e. The Balaban J connectivity index is 1.88. The van der Waals surface area contributed by atoms with Crippen molar-refractivity contribution in [3.05, 3.63) is 0 Å². The smallest absolute Gasteiger partial charge is 0.239 e. The van der Waals surface area contributed by atoms with Gasteiger partial charge in [0, 0.05) is 19.2 Å². The van der Waals surface area contributed by atoms with Gasteiger partial charge in [-0.2, -0.15) is 0 Å². The molecule has 4 nitrogen and oxygen atoms in total. The van der Waals surface area contributed by atoms with Crippen LogP contribution in [0.25, 0.3) is 0 Å². The molecule has 2 aliphatic heterocycles. The van der Waals surface area contributed by atoms with Gasteiger partial charge in [0.2, 0.25) is 5.91 Å². The Bertz CT molecular complexity index is 239. The molecular formula is C12H22N2O2. The normalized spacial score (nSPS) is 29.9. The van der Waals surface area contributed by atoms with Gasteiger partial charge in [0.05, 0.1) is 6.04 Å². The molecule has 2 atom stereocenters. The third kappa shape index (κ3) is 2.55. The van der Waals surface area contributed by atoms with Crippen molar-refractivity contribution in [3.8, 4) is 0 Å². The highest BCUT2D eigenvalue weighted by molar-refractivity contribution is 5.82. The molecule has 0 radical (unpaired) electrons. The lowest BCUT2D eigenvalue weighted by molar-refractivity contribution is -0.134. The van der Waals surface area contributed by atoms with Crippen molar-refractivity contribution in [2.24, 2.45) is 0 Å². The molecule has 0 bridgehead atoms. The number of likely N-dealkylation sites (tertiary alicyclic amines) is 1. The first-order chi connectivity index (χ1) is 7.83. The molecule has 16 heavy (non-hydrogen) atoms. The van der Waals surface area contributed by atoms with Gasteiger partial charge >= 0.3 is 0 Å². The van der Waals surface area contributed by atoms with Crippen LogP contribution in [0.5, 0.6) is 0 Å². The number of rotatable bonds is 4. The molecule has 0 aromatic heterocycles. The van der Waals surface area contributed by atoms with Gasteiger partial charge in [0.15, 0.2) is 0 Å². The molecule has 2 saturated heterocycles. The van der Waals surface area contributed by atoms with Gasteiger partial charge in [-0.1, -0.05) is 0 Å². The van der Waals surface area contributed by atoms with Crippen molar-refractivity contribution in [1.82, 2.24) is 10.2 Å². The first-order valence-electron chi connectivity index (χ1n) is 6.47. The fourth-order valence-corrected chi connectivity index (χ4v) is 2.85. The number of hydrogen-bond acceptors (Lipinski definition) is 3. The second kappa shape index (κ2) is 5.64. The zero-order valence-electron chi connectivity index (χ0n) is 9.82. The predicted molar refractivity (Wildman–Crippen MR) is 62.1 cm³/mol. The number of aliphatic hydroxyl groups is 1. The fourth-order valence-electron chi connectivity index (χ4n) is 2.85. The highest BCUT2D eigenvalue weighted by atomic mass is 16.3. The second-order valence-electron chi connectivity index (χ2n) is 4.84. The molecule has 2 unspecified atom stereocenters. The molecule has 2 heterocycles. The van der Waals surface area contributed by atoms with Crippen molar-refractivity contribution in [3.63, 3.8) is 0 Å². The number of nitrogens with zero attached hydrogens (tertiary/aromatic N) is 1. The molecule has 0 aliphatic carbocycles. The van der Waals surface area contributed by atoms with Crippen molar-refractivity contribution in [1.29, 1.82) is 0 Å². The standard InChI is InChI=1S/C12H22N2O2/c15-9-3-5-10-4-2-8-14(10)12(16)11-6-1-7-13-11/h10-11,13,15H,1-9H2. The first-order valence-corrected chi connectivity index (χ1v) is 6.47. The van der Waals surface area contributed by atoms with E-state index in [2.05, 4.69) is 5.32 Å². The van der Waals surface area contributed by atoms with E-state index in [1.165, 1.54) is 0 Å². The minimum absolute atomic E-state index is 0.0646. The van der Waals surface area contributed by atoms with Crippen LogP contribution in [0, 0.1) is 0 Å². The van der Waals surface area contributed by atoms with Gasteiger partial charge in [-0.3, -0.25) is 4.79 Å². The highest BCUT2D eigenvalue weighted by Crippen LogP contribution is 2.23. The van der Waals surface area contributed by atoms with Gasteiger partial charge in [-0.05, 0) is 45.1 Å². The van der Waals surface area contributed by atoms with E-state index in [-0.39, 0.29) is 18.6 Å². The fraction of sp³-hybridized carbons (Fsp3) is 0.917. The largest absolute Gasteiger partial charge is 0.396 e. The molecule has 2 fully saturated rings. The lowest BCUT2D eigenvalue weighted by atomic mass is 10.1. The van der Waals surface area contributed by atoms with Crippen LogP contribution in [0.15, 0.2) is 0 Å². The SMILES string of the molecule is O=C(C1CCCN1)N1CCCC1CCCO. The van der Waals surface area contributed by atoms with E-state index in [1.807, 2.05) is 4.90 Å². The Kier molecular flexibility index (Phi) is 4.18. The van der Waals surface area contributed by atoms with Crippen molar-refractivity contribution < 1.29 is 9.90 Å². The summed E-state index contributed by atoms with van der Waals surface area (Å²) >= 11 is 0. The van der Waals surface area contributed by atoms with Gasteiger partial charge in [-0.15, -0.1) is 0 Å². The van der Waals surface area contributed by atoms with Crippen molar-refractivity contribution in [2.75, 3.05) is 19.7 Å². The van der Waals surface area contributed by atoms with E-state index < -0.39 is 0 Å². The quantitative estimate of drug-likeness (QED) is 0.734. The maximum Gasteiger partial charge on any atom is 0.239 e. The van der Waals surface area contributed by atoms with Gasteiger partial charge in [-0.25, -0.2) is 0 Å². The topological polar surface area (TPSA) is 52.6 Å². The third-order valence-electron chi connectivity index (χ3n) is 3.71. The molecule has 0 spiro atoms. The van der Waals surface area contributed by atoms with Crippen LogP contribution in [-0.2, 0) is 4.79 Å². The first kappa shape index (κ1) is 11.9. The Morgan fingerprint density at radius 1 is 1.38 bits per heavy atom. The summed E-state index contributed by atoms with van der Waals surface area (Å²) in [6, 6.07) is 0.441. The highest BCUT2D eigenvalue weighted by Gasteiger charge is 2.33. The van der Waals surface area contributed by atoms with E-state index in [4.69, 9.17) is 5.11 Å². The summed E-state index contributed by atoms with van der Waals surface area (Å²) in [5, 5.41) is 12.1. The van der Waals surface area contributed by atoms with Gasteiger partial charge in [0.25, 0.3) is 0 Å². The van der Waals surface area contributed by atoms with E-state index >= 15 is 0 Å². The van der Waals surface area contributed by atoms with E-state index in [9.17, 15) is 4.79 Å². The summed E-state index contributed by atoms with van der Waals surface area (Å²) in [6.07, 6.45) is 6.10. The Morgan fingerprint density at radius 3 is 2.94 bits per heavy atom. The molecule has 92 valence electrons. The van der Waals surface area contributed by atoms with E-state index in [0.717, 1.165) is 51.6 Å². The maximum absolute atomic E-state index is 12.2. The lowest BCUT2D eigenvalue weighted by Gasteiger charge is -2.27. The van der Waals surface area contributed by atoms with Crippen molar-refractivity contribution >= 4 is 5.91 Å². The molecular weight excluding hydrogens is 204 g/mol. The van der Waals surface area contributed by atoms with Crippen LogP contribution in [0.4, 0.5) is 0 Å². The summed E-state index contributed by atoms with van der Waals surface area (Å²) in [4.78, 5) is 14.3. The molecule has 2 aliphatic rings. The third-order valence-corrected chi connectivity index (χ3v) is 3.71. The van der Waals surface area contributed by atoms with Gasteiger partial charge in [0.1, 0.15) is 0 Å². The summed E-state index contributed by atoms with van der Waals surface area (Å²) in [5.41, 5.74) is 0. The van der Waals surface area contributed by atoms with E-state index in [1.54, 1.807) is 0 Å². The van der Waals surface area contributed by atoms with Crippen molar-refractivity contribution in [2.45, 2.75) is 50.6 Å². The summed E-state index contributed by atoms with van der Waals surface area (Å²) in [6.45, 7) is 2.12. The second-order valence-corrected chi connectivity index (χ2v) is 4.84.